The number of urea groups is 1. The van der Waals surface area contributed by atoms with Crippen LogP contribution in [-0.4, -0.2) is 30.9 Å². The Morgan fingerprint density at radius 1 is 0.740 bits per heavy atom. The van der Waals surface area contributed by atoms with Gasteiger partial charge in [-0.15, -0.1) is 0 Å². The average molecular weight is 680 g/mol. The zero-order valence-corrected chi connectivity index (χ0v) is 28.0. The SMILES string of the molecule is O=C1NC(=O)N(c2cc3c4c(c2)[C@H](c2ccccc2)CCN4CC[C@@H]3c2ccccc2)C(=O)/C1=C/c1ccccc1OCc1cccc(Cl)c1. The van der Waals surface area contributed by atoms with E-state index < -0.39 is 17.8 Å². The number of carbonyl (C=O) groups is 3. The van der Waals surface area contributed by atoms with Gasteiger partial charge in [-0.25, -0.2) is 9.69 Å². The van der Waals surface area contributed by atoms with Crippen LogP contribution in [0.3, 0.4) is 0 Å². The number of nitrogens with zero attached hydrogens (tertiary/aromatic N) is 2. The number of para-hydroxylation sites is 1. The Kier molecular flexibility index (Phi) is 8.43. The Morgan fingerprint density at radius 2 is 1.36 bits per heavy atom. The second-order valence-electron chi connectivity index (χ2n) is 12.9. The first-order valence-corrected chi connectivity index (χ1v) is 17.2. The third kappa shape index (κ3) is 5.94. The lowest BCUT2D eigenvalue weighted by molar-refractivity contribution is -0.122. The molecule has 7 nitrogen and oxygen atoms in total. The molecule has 8 heteroatoms. The summed E-state index contributed by atoms with van der Waals surface area (Å²) >= 11 is 6.16. The minimum Gasteiger partial charge on any atom is -0.488 e. The highest BCUT2D eigenvalue weighted by Crippen LogP contribution is 2.50. The van der Waals surface area contributed by atoms with Crippen LogP contribution in [0.4, 0.5) is 16.2 Å². The van der Waals surface area contributed by atoms with Crippen LogP contribution in [0, 0.1) is 0 Å². The van der Waals surface area contributed by atoms with Crippen LogP contribution in [0.15, 0.2) is 127 Å². The number of nitrogens with one attached hydrogen (secondary N) is 1. The number of hydrogen-bond acceptors (Lipinski definition) is 5. The number of barbiturate groups is 1. The van der Waals surface area contributed by atoms with E-state index in [1.54, 1.807) is 24.3 Å². The predicted octanol–water partition coefficient (Wildman–Crippen LogP) is 8.46. The highest BCUT2D eigenvalue weighted by atomic mass is 35.5. The first kappa shape index (κ1) is 31.6. The summed E-state index contributed by atoms with van der Waals surface area (Å²) in [5.74, 6) is -0.793. The van der Waals surface area contributed by atoms with Crippen molar-refractivity contribution >= 4 is 46.9 Å². The normalized spacial score (nSPS) is 19.3. The second-order valence-corrected chi connectivity index (χ2v) is 13.3. The highest BCUT2D eigenvalue weighted by molar-refractivity contribution is 6.39. The molecule has 0 radical (unpaired) electrons. The van der Waals surface area contributed by atoms with Crippen molar-refractivity contribution in [3.05, 3.63) is 165 Å². The molecule has 0 unspecified atom stereocenters. The molecule has 1 N–H and O–H groups in total. The van der Waals surface area contributed by atoms with Crippen LogP contribution in [0.2, 0.25) is 5.02 Å². The van der Waals surface area contributed by atoms with Crippen molar-refractivity contribution in [2.24, 2.45) is 0 Å². The van der Waals surface area contributed by atoms with Gasteiger partial charge in [0.2, 0.25) is 0 Å². The summed E-state index contributed by atoms with van der Waals surface area (Å²) in [5, 5.41) is 3.03. The van der Waals surface area contributed by atoms with E-state index in [9.17, 15) is 14.4 Å². The van der Waals surface area contributed by atoms with Gasteiger partial charge in [0.25, 0.3) is 11.8 Å². The number of ether oxygens (including phenoxy) is 1. The molecule has 5 aromatic rings. The lowest BCUT2D eigenvalue weighted by Crippen LogP contribution is -2.54. The molecular weight excluding hydrogens is 646 g/mol. The highest BCUT2D eigenvalue weighted by Gasteiger charge is 2.40. The molecule has 1 fully saturated rings. The van der Waals surface area contributed by atoms with Crippen molar-refractivity contribution < 1.29 is 19.1 Å². The van der Waals surface area contributed by atoms with Gasteiger partial charge in [0.1, 0.15) is 17.9 Å². The molecule has 248 valence electrons. The topological polar surface area (TPSA) is 79.0 Å². The monoisotopic (exact) mass is 679 g/mol. The molecule has 2 atom stereocenters. The van der Waals surface area contributed by atoms with Gasteiger partial charge in [-0.1, -0.05) is 103 Å². The molecule has 5 aromatic carbocycles. The first-order chi connectivity index (χ1) is 24.4. The van der Waals surface area contributed by atoms with Gasteiger partial charge in [-0.05, 0) is 77.1 Å². The van der Waals surface area contributed by atoms with Crippen LogP contribution in [0.1, 0.15) is 58.1 Å². The molecule has 4 amide bonds. The van der Waals surface area contributed by atoms with Crippen molar-refractivity contribution in [1.82, 2.24) is 5.32 Å². The number of benzene rings is 5. The zero-order chi connectivity index (χ0) is 34.2. The van der Waals surface area contributed by atoms with E-state index in [0.29, 0.717) is 22.0 Å². The molecule has 0 aliphatic carbocycles. The summed E-state index contributed by atoms with van der Waals surface area (Å²) in [7, 11) is 0. The van der Waals surface area contributed by atoms with Crippen molar-refractivity contribution in [1.29, 1.82) is 0 Å². The number of halogens is 1. The maximum atomic E-state index is 14.3. The average Bonchev–Trinajstić information content (AvgIpc) is 3.14. The maximum absolute atomic E-state index is 14.3. The van der Waals surface area contributed by atoms with Crippen LogP contribution in [-0.2, 0) is 16.2 Å². The van der Waals surface area contributed by atoms with Crippen molar-refractivity contribution in [2.75, 3.05) is 22.9 Å². The Bertz CT molecular complexity index is 2080. The van der Waals surface area contributed by atoms with Crippen LogP contribution in [0.5, 0.6) is 5.75 Å². The minimum absolute atomic E-state index is 0.0822. The van der Waals surface area contributed by atoms with Gasteiger partial charge in [-0.2, -0.15) is 0 Å². The fourth-order valence-electron chi connectivity index (χ4n) is 7.54. The Morgan fingerprint density at radius 3 is 2.00 bits per heavy atom. The van der Waals surface area contributed by atoms with Crippen molar-refractivity contribution in [2.45, 2.75) is 31.3 Å². The van der Waals surface area contributed by atoms with Gasteiger partial charge < -0.3 is 9.64 Å². The molecular formula is C42H34ClN3O4. The Hall–Kier alpha value is -5.66. The van der Waals surface area contributed by atoms with Gasteiger partial charge in [-0.3, -0.25) is 14.9 Å². The fraction of sp³-hybridized carbons (Fsp3) is 0.167. The molecule has 3 aliphatic rings. The minimum atomic E-state index is -0.772. The lowest BCUT2D eigenvalue weighted by Gasteiger charge is -2.44. The smallest absolute Gasteiger partial charge is 0.335 e. The summed E-state index contributed by atoms with van der Waals surface area (Å²) in [6.07, 6.45) is 3.31. The summed E-state index contributed by atoms with van der Waals surface area (Å²) in [6, 6.07) is 38.5. The Balaban J connectivity index is 1.21. The quantitative estimate of drug-likeness (QED) is 0.138. The first-order valence-electron chi connectivity index (χ1n) is 16.8. The van der Waals surface area contributed by atoms with Gasteiger partial charge >= 0.3 is 6.03 Å². The third-order valence-corrected chi connectivity index (χ3v) is 10.1. The van der Waals surface area contributed by atoms with Crippen LogP contribution >= 0.6 is 11.6 Å². The van der Waals surface area contributed by atoms with E-state index in [4.69, 9.17) is 16.3 Å². The number of carbonyl (C=O) groups excluding carboxylic acids is 3. The Labute approximate surface area is 295 Å². The largest absolute Gasteiger partial charge is 0.488 e. The molecule has 0 saturated carbocycles. The van der Waals surface area contributed by atoms with E-state index in [-0.39, 0.29) is 24.0 Å². The summed E-state index contributed by atoms with van der Waals surface area (Å²) in [5.41, 5.74) is 7.41. The number of amides is 4. The van der Waals surface area contributed by atoms with E-state index in [0.717, 1.165) is 47.5 Å². The van der Waals surface area contributed by atoms with E-state index in [1.165, 1.54) is 22.9 Å². The molecule has 0 spiro atoms. The molecule has 3 heterocycles. The van der Waals surface area contributed by atoms with E-state index in [1.807, 2.05) is 72.8 Å². The third-order valence-electron chi connectivity index (χ3n) is 9.86. The summed E-state index contributed by atoms with van der Waals surface area (Å²) in [4.78, 5) is 44.8. The summed E-state index contributed by atoms with van der Waals surface area (Å²) < 4.78 is 6.11. The maximum Gasteiger partial charge on any atom is 0.335 e. The predicted molar refractivity (Wildman–Crippen MR) is 196 cm³/mol. The van der Waals surface area contributed by atoms with Gasteiger partial charge in [0.15, 0.2) is 0 Å². The fourth-order valence-corrected chi connectivity index (χ4v) is 7.75. The van der Waals surface area contributed by atoms with Crippen LogP contribution in [0.25, 0.3) is 6.08 Å². The zero-order valence-electron chi connectivity index (χ0n) is 27.2. The molecule has 0 bridgehead atoms. The second kappa shape index (κ2) is 13.3. The number of anilines is 2. The van der Waals surface area contributed by atoms with Crippen LogP contribution < -0.4 is 19.9 Å². The number of rotatable bonds is 7. The molecule has 8 rings (SSSR count). The molecule has 0 aromatic heterocycles. The standard InChI is InChI=1S/C42H34ClN3O4/c43-31-16-9-10-27(22-31)26-50-38-17-8-7-15-30(38)23-37-40(47)44-42(49)46(41(37)48)32-24-35-33(28-11-3-1-4-12-28)18-20-45-21-19-34(36(25-32)39(35)45)29-13-5-2-6-14-29/h1-17,22-25,33-34H,18-21,26H2,(H,44,47,49)/b37-23+/t33-,34+. The van der Waals surface area contributed by atoms with Crippen molar-refractivity contribution in [3.8, 4) is 5.75 Å². The van der Waals surface area contributed by atoms with Crippen molar-refractivity contribution in [3.63, 3.8) is 0 Å². The number of hydrogen-bond donors (Lipinski definition) is 1. The van der Waals surface area contributed by atoms with Gasteiger partial charge in [0.05, 0.1) is 5.69 Å². The summed E-state index contributed by atoms with van der Waals surface area (Å²) in [6.45, 7) is 2.08. The van der Waals surface area contributed by atoms with E-state index >= 15 is 0 Å². The van der Waals surface area contributed by atoms with E-state index in [2.05, 4.69) is 34.5 Å². The molecule has 1 saturated heterocycles. The number of imide groups is 2. The molecule has 50 heavy (non-hydrogen) atoms. The lowest BCUT2D eigenvalue weighted by atomic mass is 9.76. The molecule has 3 aliphatic heterocycles. The van der Waals surface area contributed by atoms with Gasteiger partial charge in [0, 0.05) is 41.2 Å².